The molecule has 1 aliphatic heterocycles. The highest BCUT2D eigenvalue weighted by atomic mass is 16.5. The van der Waals surface area contributed by atoms with Crippen molar-refractivity contribution in [1.82, 2.24) is 10.2 Å². The second-order valence-corrected chi connectivity index (χ2v) is 6.72. The lowest BCUT2D eigenvalue weighted by Crippen LogP contribution is -2.38. The van der Waals surface area contributed by atoms with Crippen LogP contribution in [-0.2, 0) is 9.59 Å². The van der Waals surface area contributed by atoms with Crippen LogP contribution in [0.2, 0.25) is 0 Å². The number of anilines is 1. The molecule has 162 valence electrons. The van der Waals surface area contributed by atoms with Crippen LogP contribution in [0.15, 0.2) is 42.1 Å². The van der Waals surface area contributed by atoms with E-state index in [1.807, 2.05) is 19.1 Å². The van der Waals surface area contributed by atoms with Gasteiger partial charge in [-0.25, -0.2) is 9.69 Å². The summed E-state index contributed by atoms with van der Waals surface area (Å²) in [6, 6.07) is 9.82. The molecule has 0 aliphatic carbocycles. The van der Waals surface area contributed by atoms with Crippen molar-refractivity contribution in [2.45, 2.75) is 6.92 Å². The Morgan fingerprint density at radius 1 is 1.00 bits per heavy atom. The average molecular weight is 425 g/mol. The number of carbonyl (C=O) groups excluding carboxylic acids is 3. The Morgan fingerprint density at radius 2 is 1.68 bits per heavy atom. The number of methoxy groups -OCH3 is 3. The van der Waals surface area contributed by atoms with Crippen molar-refractivity contribution in [1.29, 1.82) is 0 Å². The van der Waals surface area contributed by atoms with Crippen LogP contribution in [0.3, 0.4) is 0 Å². The molecule has 0 bridgehead atoms. The molecule has 0 unspecified atom stereocenters. The predicted molar refractivity (Wildman–Crippen MR) is 114 cm³/mol. The van der Waals surface area contributed by atoms with Crippen molar-refractivity contribution in [2.75, 3.05) is 33.2 Å². The quantitative estimate of drug-likeness (QED) is 0.522. The van der Waals surface area contributed by atoms with Gasteiger partial charge < -0.3 is 24.8 Å². The van der Waals surface area contributed by atoms with E-state index in [1.165, 1.54) is 27.4 Å². The van der Waals surface area contributed by atoms with Crippen molar-refractivity contribution in [2.24, 2.45) is 0 Å². The zero-order valence-corrected chi connectivity index (χ0v) is 17.6. The highest BCUT2D eigenvalue weighted by molar-refractivity contribution is 6.16. The van der Waals surface area contributed by atoms with Crippen molar-refractivity contribution in [3.63, 3.8) is 0 Å². The lowest BCUT2D eigenvalue weighted by atomic mass is 10.1. The van der Waals surface area contributed by atoms with E-state index in [0.29, 0.717) is 28.5 Å². The summed E-state index contributed by atoms with van der Waals surface area (Å²) in [5.74, 6) is 0.0355. The fourth-order valence-corrected chi connectivity index (χ4v) is 3.09. The van der Waals surface area contributed by atoms with E-state index in [4.69, 9.17) is 14.2 Å². The molecule has 0 saturated carbocycles. The van der Waals surface area contributed by atoms with Gasteiger partial charge in [0.25, 0.3) is 5.91 Å². The van der Waals surface area contributed by atoms with Crippen LogP contribution >= 0.6 is 0 Å². The number of hydrogen-bond donors (Lipinski definition) is 2. The Kier molecular flexibility index (Phi) is 6.44. The van der Waals surface area contributed by atoms with E-state index in [9.17, 15) is 14.4 Å². The molecule has 0 radical (unpaired) electrons. The van der Waals surface area contributed by atoms with Gasteiger partial charge in [-0.15, -0.1) is 0 Å². The summed E-state index contributed by atoms with van der Waals surface area (Å²) in [7, 11) is 4.42. The van der Waals surface area contributed by atoms with Gasteiger partial charge in [-0.2, -0.15) is 0 Å². The lowest BCUT2D eigenvalue weighted by molar-refractivity contribution is -0.127. The summed E-state index contributed by atoms with van der Waals surface area (Å²) in [5.41, 5.74) is 2.13. The van der Waals surface area contributed by atoms with Gasteiger partial charge in [-0.1, -0.05) is 17.7 Å². The van der Waals surface area contributed by atoms with Gasteiger partial charge in [0.05, 0.1) is 21.3 Å². The van der Waals surface area contributed by atoms with E-state index < -0.39 is 24.4 Å². The van der Waals surface area contributed by atoms with Crippen molar-refractivity contribution in [3.05, 3.63) is 53.2 Å². The molecular formula is C22H23N3O6. The van der Waals surface area contributed by atoms with E-state index in [2.05, 4.69) is 10.6 Å². The highest BCUT2D eigenvalue weighted by Gasteiger charge is 2.35. The number of hydrogen-bond acceptors (Lipinski definition) is 6. The number of nitrogens with one attached hydrogen (secondary N) is 2. The molecule has 1 heterocycles. The Balaban J connectivity index is 1.79. The number of carbonyl (C=O) groups is 3. The van der Waals surface area contributed by atoms with Crippen molar-refractivity contribution < 1.29 is 28.6 Å². The molecule has 4 amide bonds. The van der Waals surface area contributed by atoms with Gasteiger partial charge in [0.15, 0.2) is 11.5 Å². The fourth-order valence-electron chi connectivity index (χ4n) is 3.09. The van der Waals surface area contributed by atoms with Gasteiger partial charge in [0, 0.05) is 11.3 Å². The number of nitrogens with zero attached hydrogens (tertiary/aromatic N) is 1. The zero-order valence-electron chi connectivity index (χ0n) is 17.6. The number of amides is 4. The first-order valence-electron chi connectivity index (χ1n) is 9.38. The van der Waals surface area contributed by atoms with Crippen LogP contribution in [0.4, 0.5) is 10.5 Å². The third kappa shape index (κ3) is 4.61. The molecule has 31 heavy (non-hydrogen) atoms. The molecule has 2 N–H and O–H groups in total. The van der Waals surface area contributed by atoms with Gasteiger partial charge in [-0.05, 0) is 37.3 Å². The molecule has 0 atom stereocenters. The second-order valence-electron chi connectivity index (χ2n) is 6.72. The van der Waals surface area contributed by atoms with Crippen molar-refractivity contribution in [3.8, 4) is 17.2 Å². The maximum Gasteiger partial charge on any atom is 0.329 e. The molecule has 0 spiro atoms. The summed E-state index contributed by atoms with van der Waals surface area (Å²) in [5, 5.41) is 5.15. The number of aryl methyl sites for hydroxylation is 1. The number of imide groups is 1. The van der Waals surface area contributed by atoms with Gasteiger partial charge >= 0.3 is 6.03 Å². The van der Waals surface area contributed by atoms with E-state index in [-0.39, 0.29) is 5.70 Å². The number of rotatable bonds is 7. The van der Waals surface area contributed by atoms with E-state index >= 15 is 0 Å². The number of ether oxygens (including phenoxy) is 3. The van der Waals surface area contributed by atoms with E-state index in [1.54, 1.807) is 24.3 Å². The van der Waals surface area contributed by atoms with Crippen molar-refractivity contribution >= 4 is 29.6 Å². The fraction of sp³-hybridized carbons (Fsp3) is 0.227. The molecule has 2 aromatic rings. The summed E-state index contributed by atoms with van der Waals surface area (Å²) >= 11 is 0. The molecule has 1 fully saturated rings. The summed E-state index contributed by atoms with van der Waals surface area (Å²) < 4.78 is 16.0. The van der Waals surface area contributed by atoms with Crippen LogP contribution in [-0.4, -0.2) is 50.6 Å². The summed E-state index contributed by atoms with van der Waals surface area (Å²) in [4.78, 5) is 38.2. The maximum atomic E-state index is 12.7. The molecule has 1 aliphatic rings. The highest BCUT2D eigenvalue weighted by Crippen LogP contribution is 2.40. The molecule has 0 aromatic heterocycles. The normalized spacial score (nSPS) is 14.5. The minimum Gasteiger partial charge on any atom is -0.493 e. The first-order chi connectivity index (χ1) is 14.9. The Labute approximate surface area is 179 Å². The third-order valence-electron chi connectivity index (χ3n) is 4.63. The monoisotopic (exact) mass is 425 g/mol. The largest absolute Gasteiger partial charge is 0.493 e. The minimum atomic E-state index is -0.685. The minimum absolute atomic E-state index is 0.0126. The van der Waals surface area contributed by atoms with Crippen LogP contribution in [0.5, 0.6) is 17.2 Å². The van der Waals surface area contributed by atoms with Crippen LogP contribution in [0.1, 0.15) is 11.1 Å². The maximum absolute atomic E-state index is 12.7. The topological polar surface area (TPSA) is 106 Å². The third-order valence-corrected chi connectivity index (χ3v) is 4.63. The first-order valence-corrected chi connectivity index (χ1v) is 9.38. The van der Waals surface area contributed by atoms with Crippen LogP contribution < -0.4 is 24.8 Å². The predicted octanol–water partition coefficient (Wildman–Crippen LogP) is 2.55. The SMILES string of the molecule is COc1ccc(/C=C2/NC(=O)N(CC(=O)Nc3ccc(C)cc3)C2=O)c(OC)c1OC. The number of benzene rings is 2. The smallest absolute Gasteiger partial charge is 0.329 e. The van der Waals surface area contributed by atoms with E-state index in [0.717, 1.165) is 10.5 Å². The summed E-state index contributed by atoms with van der Waals surface area (Å²) in [6.45, 7) is 1.51. The van der Waals surface area contributed by atoms with Gasteiger partial charge in [-0.3, -0.25) is 9.59 Å². The summed E-state index contributed by atoms with van der Waals surface area (Å²) in [6.07, 6.45) is 1.46. The van der Waals surface area contributed by atoms with Gasteiger partial charge in [0.2, 0.25) is 11.7 Å². The zero-order chi connectivity index (χ0) is 22.5. The Hall–Kier alpha value is -4.01. The molecule has 9 nitrogen and oxygen atoms in total. The molecular weight excluding hydrogens is 402 g/mol. The average Bonchev–Trinajstić information content (AvgIpc) is 3.02. The van der Waals surface area contributed by atoms with Crippen LogP contribution in [0.25, 0.3) is 6.08 Å². The molecule has 3 rings (SSSR count). The second kappa shape index (κ2) is 9.21. The first kappa shape index (κ1) is 21.7. The van der Waals surface area contributed by atoms with Crippen LogP contribution in [0, 0.1) is 6.92 Å². The number of urea groups is 1. The Bertz CT molecular complexity index is 1050. The Morgan fingerprint density at radius 3 is 2.29 bits per heavy atom. The lowest BCUT2D eigenvalue weighted by Gasteiger charge is -2.14. The van der Waals surface area contributed by atoms with Gasteiger partial charge in [0.1, 0.15) is 12.2 Å². The molecule has 2 aromatic carbocycles. The molecule has 9 heteroatoms. The standard InChI is InChI=1S/C22H23N3O6/c1-13-5-8-15(9-6-13)23-18(26)12-25-21(27)16(24-22(25)28)11-14-7-10-17(29-2)20(31-4)19(14)30-3/h5-11H,12H2,1-4H3,(H,23,26)(H,24,28)/b16-11+. The molecule has 1 saturated heterocycles.